The number of aromatic hydroxyl groups is 1. The quantitative estimate of drug-likeness (QED) is 0.674. The molecule has 1 N–H and O–H groups in total. The molecule has 0 saturated heterocycles. The fourth-order valence-electron chi connectivity index (χ4n) is 2.88. The first-order valence-electron chi connectivity index (χ1n) is 9.00. The minimum Gasteiger partial charge on any atom is -0.508 e. The fourth-order valence-corrected chi connectivity index (χ4v) is 2.88. The molecule has 2 aromatic rings. The van der Waals surface area contributed by atoms with Crippen molar-refractivity contribution in [3.05, 3.63) is 64.1 Å². The van der Waals surface area contributed by atoms with Crippen molar-refractivity contribution in [3.8, 4) is 5.75 Å². The average Bonchev–Trinajstić information content (AvgIpc) is 2.62. The van der Waals surface area contributed by atoms with Crippen LogP contribution >= 0.6 is 0 Å². The van der Waals surface area contributed by atoms with Crippen LogP contribution in [0.4, 0.5) is 5.69 Å². The van der Waals surface area contributed by atoms with Crippen LogP contribution in [0.1, 0.15) is 36.5 Å². The lowest BCUT2D eigenvalue weighted by Crippen LogP contribution is -2.30. The van der Waals surface area contributed by atoms with Crippen molar-refractivity contribution in [3.63, 3.8) is 0 Å². The maximum atomic E-state index is 11.2. The highest BCUT2D eigenvalue weighted by atomic mass is 16.3. The Morgan fingerprint density at radius 1 is 0.962 bits per heavy atom. The van der Waals surface area contributed by atoms with Crippen molar-refractivity contribution in [1.29, 1.82) is 0 Å². The molecule has 26 heavy (non-hydrogen) atoms. The van der Waals surface area contributed by atoms with E-state index in [2.05, 4.69) is 34.9 Å². The van der Waals surface area contributed by atoms with Crippen LogP contribution in [0, 0.1) is 4.91 Å². The molecule has 0 aliphatic rings. The standard InChI is InChI=1S/C21H29N3O2/c1-16(2)17-9-10-18(20(13-17)22-26)14-23(3)11-12-24(4)15-19-7-5-6-8-21(19)25/h5-10,13,16,25H,11-12,14-15H2,1-4H3. The van der Waals surface area contributed by atoms with Gasteiger partial charge in [-0.05, 0) is 48.4 Å². The summed E-state index contributed by atoms with van der Waals surface area (Å²) in [7, 11) is 4.08. The van der Waals surface area contributed by atoms with E-state index in [0.717, 1.165) is 29.8 Å². The van der Waals surface area contributed by atoms with Crippen molar-refractivity contribution in [2.75, 3.05) is 27.2 Å². The normalized spacial score (nSPS) is 11.5. The first-order valence-corrected chi connectivity index (χ1v) is 9.00. The van der Waals surface area contributed by atoms with Gasteiger partial charge in [-0.25, -0.2) is 0 Å². The topological polar surface area (TPSA) is 56.1 Å². The molecule has 2 aromatic carbocycles. The monoisotopic (exact) mass is 355 g/mol. The number of phenolic OH excluding ortho intramolecular Hbond substituents is 1. The lowest BCUT2D eigenvalue weighted by Gasteiger charge is -2.23. The van der Waals surface area contributed by atoms with Gasteiger partial charge in [0.05, 0.1) is 0 Å². The molecule has 0 amide bonds. The molecule has 5 heteroatoms. The minimum absolute atomic E-state index is 0.333. The van der Waals surface area contributed by atoms with Crippen LogP contribution in [0.3, 0.4) is 0 Å². The summed E-state index contributed by atoms with van der Waals surface area (Å²) >= 11 is 0. The van der Waals surface area contributed by atoms with Gasteiger partial charge >= 0.3 is 0 Å². The van der Waals surface area contributed by atoms with E-state index in [4.69, 9.17) is 0 Å². The van der Waals surface area contributed by atoms with Gasteiger partial charge in [0, 0.05) is 31.7 Å². The van der Waals surface area contributed by atoms with Crippen molar-refractivity contribution < 1.29 is 5.11 Å². The lowest BCUT2D eigenvalue weighted by atomic mass is 10.00. The van der Waals surface area contributed by atoms with Crippen LogP contribution in [0.2, 0.25) is 0 Å². The predicted molar refractivity (Wildman–Crippen MR) is 107 cm³/mol. The highest BCUT2D eigenvalue weighted by Crippen LogP contribution is 2.26. The molecular formula is C21H29N3O2. The Labute approximate surface area is 156 Å². The van der Waals surface area contributed by atoms with E-state index < -0.39 is 0 Å². The average molecular weight is 355 g/mol. The maximum Gasteiger partial charge on any atom is 0.120 e. The van der Waals surface area contributed by atoms with E-state index in [1.165, 1.54) is 0 Å². The molecule has 0 aliphatic heterocycles. The third kappa shape index (κ3) is 5.64. The summed E-state index contributed by atoms with van der Waals surface area (Å²) < 4.78 is 0. The van der Waals surface area contributed by atoms with Crippen molar-refractivity contribution in [1.82, 2.24) is 9.80 Å². The van der Waals surface area contributed by atoms with Crippen LogP contribution < -0.4 is 0 Å². The molecule has 0 radical (unpaired) electrons. The Morgan fingerprint density at radius 3 is 2.15 bits per heavy atom. The third-order valence-corrected chi connectivity index (χ3v) is 4.61. The van der Waals surface area contributed by atoms with Crippen molar-refractivity contribution in [2.24, 2.45) is 5.18 Å². The first-order chi connectivity index (χ1) is 12.4. The molecule has 140 valence electrons. The molecule has 0 unspecified atom stereocenters. The second-order valence-corrected chi connectivity index (χ2v) is 7.24. The number of phenols is 1. The SMILES string of the molecule is CC(C)c1ccc(CN(C)CCN(C)Cc2ccccc2O)c(N=O)c1. The second kappa shape index (κ2) is 9.46. The summed E-state index contributed by atoms with van der Waals surface area (Å²) in [5.41, 5.74) is 3.55. The second-order valence-electron chi connectivity index (χ2n) is 7.24. The molecule has 0 aliphatic carbocycles. The van der Waals surface area contributed by atoms with Crippen LogP contribution in [0.15, 0.2) is 47.6 Å². The largest absolute Gasteiger partial charge is 0.508 e. The molecule has 0 bridgehead atoms. The number of para-hydroxylation sites is 1. The molecule has 0 atom stereocenters. The zero-order valence-electron chi connectivity index (χ0n) is 16.1. The Morgan fingerprint density at radius 2 is 1.58 bits per heavy atom. The van der Waals surface area contributed by atoms with E-state index in [1.807, 2.05) is 44.4 Å². The number of hydrogen-bond acceptors (Lipinski definition) is 5. The number of likely N-dealkylation sites (N-methyl/N-ethyl adjacent to an activating group) is 2. The molecule has 5 nitrogen and oxygen atoms in total. The molecule has 0 heterocycles. The van der Waals surface area contributed by atoms with E-state index in [-0.39, 0.29) is 0 Å². The van der Waals surface area contributed by atoms with Gasteiger partial charge in [-0.3, -0.25) is 0 Å². The minimum atomic E-state index is 0.333. The fraction of sp³-hybridized carbons (Fsp3) is 0.429. The Bertz CT molecular complexity index is 731. The predicted octanol–water partition coefficient (Wildman–Crippen LogP) is 4.48. The Balaban J connectivity index is 1.89. The maximum absolute atomic E-state index is 11.2. The Kier molecular flexibility index (Phi) is 7.30. The summed E-state index contributed by atoms with van der Waals surface area (Å²) in [6.07, 6.45) is 0. The number of benzene rings is 2. The molecule has 0 saturated carbocycles. The third-order valence-electron chi connectivity index (χ3n) is 4.61. The summed E-state index contributed by atoms with van der Waals surface area (Å²) in [6.45, 7) is 7.31. The summed E-state index contributed by atoms with van der Waals surface area (Å²) in [5.74, 6) is 0.713. The van der Waals surface area contributed by atoms with Gasteiger partial charge in [-0.2, -0.15) is 0 Å². The smallest absolute Gasteiger partial charge is 0.120 e. The van der Waals surface area contributed by atoms with Crippen LogP contribution in [-0.4, -0.2) is 42.1 Å². The van der Waals surface area contributed by atoms with E-state index in [0.29, 0.717) is 30.4 Å². The van der Waals surface area contributed by atoms with E-state index >= 15 is 0 Å². The number of rotatable bonds is 9. The summed E-state index contributed by atoms with van der Waals surface area (Å²) in [4.78, 5) is 15.5. The van der Waals surface area contributed by atoms with Gasteiger partial charge < -0.3 is 14.9 Å². The zero-order valence-corrected chi connectivity index (χ0v) is 16.1. The van der Waals surface area contributed by atoms with Gasteiger partial charge in [-0.1, -0.05) is 44.2 Å². The number of hydrogen-bond donors (Lipinski definition) is 1. The Hall–Kier alpha value is -2.24. The van der Waals surface area contributed by atoms with Gasteiger partial charge in [0.25, 0.3) is 0 Å². The molecule has 0 spiro atoms. The van der Waals surface area contributed by atoms with Gasteiger partial charge in [-0.15, -0.1) is 4.91 Å². The van der Waals surface area contributed by atoms with E-state index in [9.17, 15) is 10.0 Å². The van der Waals surface area contributed by atoms with Crippen LogP contribution in [-0.2, 0) is 13.1 Å². The number of nitroso groups, excluding NO2 is 1. The van der Waals surface area contributed by atoms with E-state index in [1.54, 1.807) is 6.07 Å². The molecule has 0 fully saturated rings. The molecular weight excluding hydrogens is 326 g/mol. The van der Waals surface area contributed by atoms with Gasteiger partial charge in [0.1, 0.15) is 11.4 Å². The van der Waals surface area contributed by atoms with Gasteiger partial charge in [0.2, 0.25) is 0 Å². The van der Waals surface area contributed by atoms with Crippen LogP contribution in [0.5, 0.6) is 5.75 Å². The van der Waals surface area contributed by atoms with Crippen molar-refractivity contribution >= 4 is 5.69 Å². The first kappa shape index (κ1) is 20.1. The van der Waals surface area contributed by atoms with Gasteiger partial charge in [0.15, 0.2) is 0 Å². The zero-order chi connectivity index (χ0) is 19.1. The lowest BCUT2D eigenvalue weighted by molar-refractivity contribution is 0.245. The van der Waals surface area contributed by atoms with Crippen molar-refractivity contribution in [2.45, 2.75) is 32.9 Å². The highest BCUT2D eigenvalue weighted by molar-refractivity contribution is 5.49. The molecule has 2 rings (SSSR count). The summed E-state index contributed by atoms with van der Waals surface area (Å²) in [5, 5.41) is 13.1. The molecule has 0 aromatic heterocycles. The number of nitrogens with zero attached hydrogens (tertiary/aromatic N) is 3. The van der Waals surface area contributed by atoms with Crippen LogP contribution in [0.25, 0.3) is 0 Å². The summed E-state index contributed by atoms with van der Waals surface area (Å²) in [6, 6.07) is 13.4. The highest BCUT2D eigenvalue weighted by Gasteiger charge is 2.11.